The van der Waals surface area contributed by atoms with Gasteiger partial charge in [-0.1, -0.05) is 18.2 Å². The molecule has 4 heterocycles. The molecule has 2 N–H and O–H groups in total. The minimum atomic E-state index is -0.839. The van der Waals surface area contributed by atoms with Gasteiger partial charge < -0.3 is 20.1 Å². The second-order valence-corrected chi connectivity index (χ2v) is 11.6. The molecule has 2 fully saturated rings. The van der Waals surface area contributed by atoms with Crippen LogP contribution in [0.15, 0.2) is 73.2 Å². The molecular weight excluding hydrogens is 592 g/mol. The minimum absolute atomic E-state index is 0.0570. The van der Waals surface area contributed by atoms with E-state index in [0.717, 1.165) is 37.2 Å². The first-order chi connectivity index (χ1) is 22.4. The van der Waals surface area contributed by atoms with Crippen LogP contribution in [0.4, 0.5) is 19.3 Å². The van der Waals surface area contributed by atoms with Crippen LogP contribution in [0.2, 0.25) is 0 Å². The summed E-state index contributed by atoms with van der Waals surface area (Å²) >= 11 is 0. The molecule has 5 aromatic rings. The smallest absolute Gasteiger partial charge is 0.409 e. The maximum atomic E-state index is 15.3. The van der Waals surface area contributed by atoms with E-state index in [2.05, 4.69) is 15.0 Å². The number of rotatable bonds is 7. The standard InChI is InChI=1S/C34H33F2N7O3/c35-29-15-22(16-30(36)28(29)21-41-11-13-45-14-12-41)27-5-2-6-31-33(27)40-32(19-38-31)23-18-39-43(20-23)24-7-9-42(10-8-24)25-3-1-4-26(17-25)46-34(37)44/h1-6,15-20,24H,7-14,21H2,(H2,37,44). The van der Waals surface area contributed by atoms with E-state index in [1.54, 1.807) is 18.5 Å². The highest BCUT2D eigenvalue weighted by Gasteiger charge is 2.23. The number of hydrogen-bond acceptors (Lipinski definition) is 8. The summed E-state index contributed by atoms with van der Waals surface area (Å²) in [5, 5.41) is 4.65. The number of amides is 1. The molecule has 1 amide bonds. The van der Waals surface area contributed by atoms with Gasteiger partial charge in [0.2, 0.25) is 0 Å². The summed E-state index contributed by atoms with van der Waals surface area (Å²) in [4.78, 5) is 24.9. The van der Waals surface area contributed by atoms with Gasteiger partial charge in [-0.25, -0.2) is 18.6 Å². The molecule has 12 heteroatoms. The first-order valence-electron chi connectivity index (χ1n) is 15.3. The first kappa shape index (κ1) is 29.8. The number of halogens is 2. The Hall–Kier alpha value is -4.94. The molecule has 0 unspecified atom stereocenters. The third-order valence-corrected chi connectivity index (χ3v) is 8.65. The summed E-state index contributed by atoms with van der Waals surface area (Å²) in [6, 6.07) is 15.7. The predicted octanol–water partition coefficient (Wildman–Crippen LogP) is 5.57. The van der Waals surface area contributed by atoms with E-state index < -0.39 is 17.7 Å². The second kappa shape index (κ2) is 12.8. The van der Waals surface area contributed by atoms with Gasteiger partial charge in [0.1, 0.15) is 17.4 Å². The van der Waals surface area contributed by atoms with Crippen LogP contribution < -0.4 is 15.4 Å². The monoisotopic (exact) mass is 625 g/mol. The number of fused-ring (bicyclic) bond motifs is 1. The van der Waals surface area contributed by atoms with E-state index >= 15 is 8.78 Å². The van der Waals surface area contributed by atoms with Crippen LogP contribution in [-0.4, -0.2) is 70.1 Å². The Morgan fingerprint density at radius 1 is 0.957 bits per heavy atom. The number of morpholine rings is 1. The van der Waals surface area contributed by atoms with Crippen molar-refractivity contribution in [3.63, 3.8) is 0 Å². The maximum absolute atomic E-state index is 15.3. The first-order valence-corrected chi connectivity index (χ1v) is 15.3. The number of primary amides is 1. The van der Waals surface area contributed by atoms with Gasteiger partial charge in [0, 0.05) is 67.4 Å². The normalized spacial score (nSPS) is 16.2. The predicted molar refractivity (Wildman–Crippen MR) is 169 cm³/mol. The lowest BCUT2D eigenvalue weighted by molar-refractivity contribution is 0.0332. The van der Waals surface area contributed by atoms with Crippen molar-refractivity contribution in [3.8, 4) is 28.1 Å². The van der Waals surface area contributed by atoms with Gasteiger partial charge in [-0.3, -0.25) is 14.6 Å². The summed E-state index contributed by atoms with van der Waals surface area (Å²) in [5.41, 5.74) is 9.81. The number of para-hydroxylation sites is 1. The highest BCUT2D eigenvalue weighted by Crippen LogP contribution is 2.33. The number of benzene rings is 3. The summed E-state index contributed by atoms with van der Waals surface area (Å²) in [5.74, 6) is -0.747. The number of nitrogens with two attached hydrogens (primary N) is 1. The highest BCUT2D eigenvalue weighted by atomic mass is 19.1. The lowest BCUT2D eigenvalue weighted by Gasteiger charge is -2.33. The van der Waals surface area contributed by atoms with Crippen molar-refractivity contribution in [3.05, 3.63) is 90.4 Å². The van der Waals surface area contributed by atoms with Crippen LogP contribution in [0.25, 0.3) is 33.4 Å². The van der Waals surface area contributed by atoms with Crippen LogP contribution in [0, 0.1) is 11.6 Å². The van der Waals surface area contributed by atoms with Gasteiger partial charge in [-0.15, -0.1) is 0 Å². The zero-order chi connectivity index (χ0) is 31.6. The summed E-state index contributed by atoms with van der Waals surface area (Å²) in [6.07, 6.45) is 6.34. The largest absolute Gasteiger partial charge is 0.410 e. The molecule has 0 radical (unpaired) electrons. The quantitative estimate of drug-likeness (QED) is 0.250. The molecular formula is C34H33F2N7O3. The fourth-order valence-corrected chi connectivity index (χ4v) is 6.22. The van der Waals surface area contributed by atoms with Gasteiger partial charge in [-0.05, 0) is 48.7 Å². The van der Waals surface area contributed by atoms with Gasteiger partial charge >= 0.3 is 6.09 Å². The fourth-order valence-electron chi connectivity index (χ4n) is 6.22. The molecule has 2 saturated heterocycles. The zero-order valence-electron chi connectivity index (χ0n) is 25.1. The molecule has 0 bridgehead atoms. The molecule has 3 aromatic carbocycles. The SMILES string of the molecule is NC(=O)Oc1cccc(N2CCC(n3cc(-c4cnc5cccc(-c6cc(F)c(CN7CCOCC7)c(F)c6)c5n4)cn3)CC2)c1. The number of piperidine rings is 1. The van der Waals surface area contributed by atoms with Crippen LogP contribution in [0.1, 0.15) is 24.4 Å². The number of carbonyl (C=O) groups is 1. The van der Waals surface area contributed by atoms with Crippen molar-refractivity contribution >= 4 is 22.8 Å². The summed E-state index contributed by atoms with van der Waals surface area (Å²) < 4.78 is 42.9. The maximum Gasteiger partial charge on any atom is 0.409 e. The molecule has 46 heavy (non-hydrogen) atoms. The van der Waals surface area contributed by atoms with Gasteiger partial charge in [0.15, 0.2) is 0 Å². The van der Waals surface area contributed by atoms with E-state index in [9.17, 15) is 4.79 Å². The Morgan fingerprint density at radius 2 is 1.72 bits per heavy atom. The average Bonchev–Trinajstić information content (AvgIpc) is 3.57. The van der Waals surface area contributed by atoms with Gasteiger partial charge in [-0.2, -0.15) is 5.10 Å². The third kappa shape index (κ3) is 6.26. The lowest BCUT2D eigenvalue weighted by atomic mass is 10.0. The van der Waals surface area contributed by atoms with Crippen molar-refractivity contribution in [2.24, 2.45) is 5.73 Å². The second-order valence-electron chi connectivity index (χ2n) is 11.6. The highest BCUT2D eigenvalue weighted by molar-refractivity contribution is 5.92. The van der Waals surface area contributed by atoms with Crippen LogP contribution >= 0.6 is 0 Å². The molecule has 2 aliphatic heterocycles. The third-order valence-electron chi connectivity index (χ3n) is 8.65. The molecule has 0 aliphatic carbocycles. The number of carbonyl (C=O) groups excluding carboxylic acids is 1. The summed E-state index contributed by atoms with van der Waals surface area (Å²) in [7, 11) is 0. The van der Waals surface area contributed by atoms with Crippen LogP contribution in [-0.2, 0) is 11.3 Å². The zero-order valence-corrected chi connectivity index (χ0v) is 25.1. The Bertz CT molecular complexity index is 1860. The van der Waals surface area contributed by atoms with Gasteiger partial charge in [0.05, 0.1) is 48.4 Å². The lowest BCUT2D eigenvalue weighted by Crippen LogP contribution is -2.36. The molecule has 2 aromatic heterocycles. The Morgan fingerprint density at radius 3 is 2.48 bits per heavy atom. The van der Waals surface area contributed by atoms with Crippen molar-refractivity contribution in [2.45, 2.75) is 25.4 Å². The minimum Gasteiger partial charge on any atom is -0.410 e. The molecule has 2 aliphatic rings. The van der Waals surface area contributed by atoms with E-state index in [1.165, 1.54) is 12.1 Å². The van der Waals surface area contributed by atoms with Crippen LogP contribution in [0.3, 0.4) is 0 Å². The molecule has 236 valence electrons. The molecule has 7 rings (SSSR count). The molecule has 0 saturated carbocycles. The van der Waals surface area contributed by atoms with E-state index in [0.29, 0.717) is 59.9 Å². The number of aromatic nitrogens is 4. The Balaban J connectivity index is 1.09. The number of nitrogens with zero attached hydrogens (tertiary/aromatic N) is 6. The summed E-state index contributed by atoms with van der Waals surface area (Å²) in [6.45, 7) is 4.20. The van der Waals surface area contributed by atoms with E-state index in [4.69, 9.17) is 20.2 Å². The molecule has 0 spiro atoms. The number of ether oxygens (including phenoxy) is 2. The topological polar surface area (TPSA) is 112 Å². The van der Waals surface area contributed by atoms with Crippen molar-refractivity contribution < 1.29 is 23.0 Å². The Labute approximate surface area is 264 Å². The van der Waals surface area contributed by atoms with E-state index in [-0.39, 0.29) is 18.2 Å². The Kier molecular flexibility index (Phi) is 8.29. The van der Waals surface area contributed by atoms with Crippen molar-refractivity contribution in [2.75, 3.05) is 44.3 Å². The van der Waals surface area contributed by atoms with Crippen molar-refractivity contribution in [1.82, 2.24) is 24.6 Å². The van der Waals surface area contributed by atoms with Crippen LogP contribution in [0.5, 0.6) is 5.75 Å². The fraction of sp³-hybridized carbons (Fsp3) is 0.294. The molecule has 0 atom stereocenters. The molecule has 10 nitrogen and oxygen atoms in total. The van der Waals surface area contributed by atoms with E-state index in [1.807, 2.05) is 52.2 Å². The van der Waals surface area contributed by atoms with Gasteiger partial charge in [0.25, 0.3) is 0 Å². The number of anilines is 1. The average molecular weight is 626 g/mol. The number of hydrogen-bond donors (Lipinski definition) is 1. The van der Waals surface area contributed by atoms with Crippen molar-refractivity contribution in [1.29, 1.82) is 0 Å².